The highest BCUT2D eigenvalue weighted by Crippen LogP contribution is 2.25. The zero-order valence-corrected chi connectivity index (χ0v) is 10.0. The Hall–Kier alpha value is -2.25. The van der Waals surface area contributed by atoms with Gasteiger partial charge in [-0.15, -0.1) is 0 Å². The summed E-state index contributed by atoms with van der Waals surface area (Å²) in [5, 5.41) is 3.58. The van der Waals surface area contributed by atoms with E-state index in [2.05, 4.69) is 20.0 Å². The van der Waals surface area contributed by atoms with Crippen molar-refractivity contribution in [1.29, 1.82) is 0 Å². The quantitative estimate of drug-likeness (QED) is 0.912. The molecule has 1 aliphatic rings. The lowest BCUT2D eigenvalue weighted by Crippen LogP contribution is -2.37. The number of nitrogens with zero attached hydrogens (tertiary/aromatic N) is 5. The lowest BCUT2D eigenvalue weighted by atomic mass is 10.2. The number of aromatic nitrogens is 4. The van der Waals surface area contributed by atoms with E-state index in [9.17, 15) is 8.78 Å². The summed E-state index contributed by atoms with van der Waals surface area (Å²) in [5.74, 6) is 0.850. The van der Waals surface area contributed by atoms with E-state index in [4.69, 9.17) is 5.73 Å². The first-order valence-electron chi connectivity index (χ1n) is 5.85. The van der Waals surface area contributed by atoms with Crippen molar-refractivity contribution < 1.29 is 8.78 Å². The molecule has 0 saturated carbocycles. The van der Waals surface area contributed by atoms with Crippen LogP contribution in [-0.2, 0) is 0 Å². The van der Waals surface area contributed by atoms with Gasteiger partial charge in [-0.2, -0.15) is 18.9 Å². The van der Waals surface area contributed by atoms with Crippen LogP contribution in [0.5, 0.6) is 0 Å². The summed E-state index contributed by atoms with van der Waals surface area (Å²) in [6.45, 7) is -0.818. The Morgan fingerprint density at radius 1 is 1.26 bits per heavy atom. The van der Waals surface area contributed by atoms with Gasteiger partial charge in [-0.1, -0.05) is 0 Å². The zero-order chi connectivity index (χ0) is 13.4. The third-order valence-corrected chi connectivity index (χ3v) is 3.01. The lowest BCUT2D eigenvalue weighted by molar-refractivity contribution is 0.0566. The molecule has 8 heteroatoms. The van der Waals surface area contributed by atoms with Crippen LogP contribution in [0.1, 0.15) is 13.0 Å². The van der Waals surface area contributed by atoms with E-state index in [1.807, 2.05) is 0 Å². The summed E-state index contributed by atoms with van der Waals surface area (Å²) in [5.41, 5.74) is 6.65. The molecule has 2 N–H and O–H groups in total. The Kier molecular flexibility index (Phi) is 2.77. The molecule has 1 saturated heterocycles. The van der Waals surface area contributed by atoms with Crippen molar-refractivity contribution >= 4 is 11.8 Å². The first-order chi connectivity index (χ1) is 9.13. The van der Waals surface area contributed by atoms with Gasteiger partial charge >= 0.3 is 6.55 Å². The van der Waals surface area contributed by atoms with Crippen molar-refractivity contribution in [3.05, 3.63) is 18.5 Å². The number of halogens is 2. The van der Waals surface area contributed by atoms with Crippen molar-refractivity contribution in [2.24, 2.45) is 0 Å². The van der Waals surface area contributed by atoms with E-state index in [0.29, 0.717) is 15.9 Å². The molecular formula is C11H12F2N6. The Morgan fingerprint density at radius 2 is 2.05 bits per heavy atom. The third-order valence-electron chi connectivity index (χ3n) is 3.01. The highest BCUT2D eigenvalue weighted by molar-refractivity contribution is 5.63. The Labute approximate surface area is 107 Å². The minimum Gasteiger partial charge on any atom is -0.368 e. The molecule has 2 aromatic heterocycles. The normalized spacial score (nSPS) is 14.8. The van der Waals surface area contributed by atoms with E-state index >= 15 is 0 Å². The molecule has 0 aliphatic carbocycles. The summed E-state index contributed by atoms with van der Waals surface area (Å²) in [6.07, 6.45) is 3.70. The third kappa shape index (κ3) is 2.20. The molecule has 3 heterocycles. The molecule has 0 bridgehead atoms. The molecule has 0 spiro atoms. The van der Waals surface area contributed by atoms with Crippen LogP contribution in [0.25, 0.3) is 11.3 Å². The predicted octanol–water partition coefficient (Wildman–Crippen LogP) is 1.53. The smallest absolute Gasteiger partial charge is 0.333 e. The summed E-state index contributed by atoms with van der Waals surface area (Å²) < 4.78 is 25.5. The van der Waals surface area contributed by atoms with Crippen LogP contribution < -0.4 is 10.6 Å². The van der Waals surface area contributed by atoms with Gasteiger partial charge in [-0.3, -0.25) is 0 Å². The van der Waals surface area contributed by atoms with Crippen LogP contribution in [0.2, 0.25) is 0 Å². The summed E-state index contributed by atoms with van der Waals surface area (Å²) >= 11 is 0. The molecule has 2 aromatic rings. The minimum atomic E-state index is -2.66. The van der Waals surface area contributed by atoms with Gasteiger partial charge in [0.05, 0.1) is 11.9 Å². The summed E-state index contributed by atoms with van der Waals surface area (Å²) in [4.78, 5) is 10.3. The molecule has 100 valence electrons. The van der Waals surface area contributed by atoms with Gasteiger partial charge in [0.25, 0.3) is 0 Å². The first-order valence-corrected chi connectivity index (χ1v) is 5.85. The van der Waals surface area contributed by atoms with Gasteiger partial charge in [-0.25, -0.2) is 9.67 Å². The molecule has 1 aliphatic heterocycles. The van der Waals surface area contributed by atoms with Gasteiger partial charge < -0.3 is 10.6 Å². The maximum absolute atomic E-state index is 12.5. The highest BCUT2D eigenvalue weighted by atomic mass is 19.3. The number of alkyl halides is 2. The first kappa shape index (κ1) is 11.8. The average Bonchev–Trinajstić information content (AvgIpc) is 2.74. The van der Waals surface area contributed by atoms with Crippen LogP contribution in [0.4, 0.5) is 20.5 Å². The Bertz CT molecular complexity index is 593. The zero-order valence-electron chi connectivity index (χ0n) is 10.0. The largest absolute Gasteiger partial charge is 0.368 e. The van der Waals surface area contributed by atoms with Crippen molar-refractivity contribution in [2.45, 2.75) is 13.0 Å². The predicted molar refractivity (Wildman–Crippen MR) is 65.7 cm³/mol. The van der Waals surface area contributed by atoms with E-state index in [0.717, 1.165) is 25.3 Å². The Balaban J connectivity index is 1.96. The second kappa shape index (κ2) is 4.45. The number of hydrogen-bond acceptors (Lipinski definition) is 5. The highest BCUT2D eigenvalue weighted by Gasteiger charge is 2.18. The van der Waals surface area contributed by atoms with Crippen molar-refractivity contribution in [3.8, 4) is 11.3 Å². The number of nitrogen functional groups attached to an aromatic ring is 1. The molecule has 0 atom stereocenters. The van der Waals surface area contributed by atoms with Gasteiger partial charge in [0, 0.05) is 30.9 Å². The molecule has 19 heavy (non-hydrogen) atoms. The SMILES string of the molecule is Nc1nc(-c2cnn(C(F)F)c2)cc(N2CCC2)n1. The number of hydrogen-bond donors (Lipinski definition) is 1. The van der Waals surface area contributed by atoms with E-state index < -0.39 is 6.55 Å². The number of rotatable bonds is 3. The van der Waals surface area contributed by atoms with Gasteiger partial charge in [0.2, 0.25) is 5.95 Å². The standard InChI is InChI=1S/C11H12F2N6/c12-10(13)19-6-7(5-15-19)8-4-9(17-11(14)16-8)18-2-1-3-18/h4-6,10H,1-3H2,(H2,14,16,17). The fourth-order valence-electron chi connectivity index (χ4n) is 1.88. The van der Waals surface area contributed by atoms with Gasteiger partial charge in [0.1, 0.15) is 5.82 Å². The fraction of sp³-hybridized carbons (Fsp3) is 0.364. The molecule has 3 rings (SSSR count). The topological polar surface area (TPSA) is 72.9 Å². The van der Waals surface area contributed by atoms with E-state index in [-0.39, 0.29) is 5.95 Å². The van der Waals surface area contributed by atoms with Crippen LogP contribution in [0, 0.1) is 0 Å². The molecule has 0 unspecified atom stereocenters. The summed E-state index contributed by atoms with van der Waals surface area (Å²) in [7, 11) is 0. The van der Waals surface area contributed by atoms with Crippen molar-refractivity contribution in [1.82, 2.24) is 19.7 Å². The van der Waals surface area contributed by atoms with Crippen molar-refractivity contribution in [2.75, 3.05) is 23.7 Å². The van der Waals surface area contributed by atoms with Crippen LogP contribution in [-0.4, -0.2) is 32.8 Å². The fourth-order valence-corrected chi connectivity index (χ4v) is 1.88. The lowest BCUT2D eigenvalue weighted by Gasteiger charge is -2.32. The second-order valence-corrected chi connectivity index (χ2v) is 4.30. The van der Waals surface area contributed by atoms with Crippen LogP contribution in [0.15, 0.2) is 18.5 Å². The van der Waals surface area contributed by atoms with Crippen LogP contribution in [0.3, 0.4) is 0 Å². The Morgan fingerprint density at radius 3 is 2.63 bits per heavy atom. The molecular weight excluding hydrogens is 254 g/mol. The second-order valence-electron chi connectivity index (χ2n) is 4.30. The molecule has 0 amide bonds. The molecule has 6 nitrogen and oxygen atoms in total. The molecule has 0 aromatic carbocycles. The van der Waals surface area contributed by atoms with Crippen molar-refractivity contribution in [3.63, 3.8) is 0 Å². The van der Waals surface area contributed by atoms with Gasteiger partial charge in [-0.05, 0) is 6.42 Å². The monoisotopic (exact) mass is 266 g/mol. The maximum Gasteiger partial charge on any atom is 0.333 e. The number of nitrogens with two attached hydrogens (primary N) is 1. The maximum atomic E-state index is 12.5. The average molecular weight is 266 g/mol. The summed E-state index contributed by atoms with van der Waals surface area (Å²) in [6, 6.07) is 1.74. The van der Waals surface area contributed by atoms with Gasteiger partial charge in [0.15, 0.2) is 0 Å². The molecule has 0 radical (unpaired) electrons. The van der Waals surface area contributed by atoms with Crippen LogP contribution >= 0.6 is 0 Å². The van der Waals surface area contributed by atoms with E-state index in [1.165, 1.54) is 12.4 Å². The molecule has 1 fully saturated rings. The number of anilines is 2. The minimum absolute atomic E-state index is 0.129. The van der Waals surface area contributed by atoms with E-state index in [1.54, 1.807) is 6.07 Å².